The summed E-state index contributed by atoms with van der Waals surface area (Å²) < 4.78 is 41.8. The van der Waals surface area contributed by atoms with E-state index in [2.05, 4.69) is 15.4 Å². The van der Waals surface area contributed by atoms with Crippen molar-refractivity contribution >= 4 is 50.4 Å². The lowest BCUT2D eigenvalue weighted by Crippen LogP contribution is -2.58. The van der Waals surface area contributed by atoms with E-state index in [0.29, 0.717) is 49.5 Å². The molecule has 3 aliphatic carbocycles. The number of nitrogens with zero attached hydrogens (tertiary/aromatic N) is 4. The molecule has 3 saturated carbocycles. The van der Waals surface area contributed by atoms with Crippen LogP contribution in [0.4, 0.5) is 4.79 Å². The second-order valence-corrected chi connectivity index (χ2v) is 18.7. The van der Waals surface area contributed by atoms with Crippen LogP contribution in [0.1, 0.15) is 103 Å². The summed E-state index contributed by atoms with van der Waals surface area (Å²) in [4.78, 5) is 62.2. The highest BCUT2D eigenvalue weighted by molar-refractivity contribution is 7.91. The van der Waals surface area contributed by atoms with Crippen molar-refractivity contribution in [2.45, 2.75) is 132 Å². The molecule has 294 valence electrons. The molecule has 0 radical (unpaired) electrons. The molecule has 3 N–H and O–H groups in total. The number of ether oxygens (including phenoxy) is 2. The topological polar surface area (TPSA) is 190 Å². The Morgan fingerprint density at radius 2 is 1.82 bits per heavy atom. The van der Waals surface area contributed by atoms with Crippen LogP contribution in [-0.4, -0.2) is 92.9 Å². The first-order valence-corrected chi connectivity index (χ1v) is 21.1. The monoisotopic (exact) mass is 775 g/mol. The van der Waals surface area contributed by atoms with Gasteiger partial charge in [-0.05, 0) is 84.3 Å². The predicted octanol–water partition coefficient (Wildman–Crippen LogP) is 4.01. The Labute approximate surface area is 320 Å². The first kappa shape index (κ1) is 37.2. The number of hydrogen-bond acceptors (Lipinski definition) is 10. The minimum atomic E-state index is -3.89. The Morgan fingerprint density at radius 3 is 2.56 bits per heavy atom. The molecule has 0 spiro atoms. The largest absolute Gasteiger partial charge is 0.472 e. The first-order chi connectivity index (χ1) is 26.2. The molecule has 15 nitrogen and oxygen atoms in total. The normalized spacial score (nSPS) is 27.7. The van der Waals surface area contributed by atoms with Crippen molar-refractivity contribution in [1.29, 1.82) is 0 Å². The Hall–Kier alpha value is -4.73. The molecule has 1 aromatic carbocycles. The third-order valence-corrected chi connectivity index (χ3v) is 12.9. The number of carbonyl (C=O) groups excluding carboxylic acids is 4. The molecule has 8 rings (SSSR count). The van der Waals surface area contributed by atoms with Gasteiger partial charge in [0.05, 0.1) is 23.0 Å². The minimum Gasteiger partial charge on any atom is -0.472 e. The molecule has 2 aromatic heterocycles. The fourth-order valence-electron chi connectivity index (χ4n) is 7.76. The zero-order chi connectivity index (χ0) is 38.7. The number of fused-ring (bicyclic) bond motifs is 5. The summed E-state index contributed by atoms with van der Waals surface area (Å²) in [5.41, 5.74) is -0.0107. The van der Waals surface area contributed by atoms with Gasteiger partial charge in [-0.15, -0.1) is 0 Å². The number of allylic oxidation sites excluding steroid dienone is 1. The van der Waals surface area contributed by atoms with Gasteiger partial charge in [0.2, 0.25) is 27.7 Å². The van der Waals surface area contributed by atoms with Gasteiger partial charge >= 0.3 is 6.09 Å². The minimum absolute atomic E-state index is 0.00533. The Morgan fingerprint density at radius 1 is 1.04 bits per heavy atom. The van der Waals surface area contributed by atoms with Gasteiger partial charge in [-0.1, -0.05) is 37.1 Å². The Kier molecular flexibility index (Phi) is 9.53. The maximum Gasteiger partial charge on any atom is 0.408 e. The molecule has 0 bridgehead atoms. The van der Waals surface area contributed by atoms with Crippen molar-refractivity contribution in [3.8, 4) is 5.88 Å². The number of alkyl carbamates (subject to hydrolysis) is 1. The molecule has 2 aliphatic heterocycles. The maximum atomic E-state index is 14.6. The standard InChI is InChI=1S/C39H49N7O8S/c1-38(2,3)54-37(50)41-29-14-8-6-4-5-7-11-24-21-39(24,36(49)44-55(51,52)26-17-18-26)42-34(47)31-19-25(22-45(31)35(29)48)53-32-20-30(23-15-16-23)40-33-27-12-9-10-13-28(27)43-46(32)33/h7,9-13,20,23-26,29,31H,4-6,8,14-19,21-22H2,1-3H3,(H,41,50)(H,42,47)(H,44,49)/t24-,25-,29+,31+,39-/m1/s1. The van der Waals surface area contributed by atoms with Crippen molar-refractivity contribution in [2.75, 3.05) is 6.54 Å². The van der Waals surface area contributed by atoms with Crippen LogP contribution in [0.2, 0.25) is 0 Å². The third kappa shape index (κ3) is 7.87. The zero-order valence-electron chi connectivity index (χ0n) is 31.5. The molecular weight excluding hydrogens is 727 g/mol. The molecule has 4 heterocycles. The smallest absolute Gasteiger partial charge is 0.408 e. The van der Waals surface area contributed by atoms with Crippen molar-refractivity contribution < 1.29 is 37.1 Å². The highest BCUT2D eigenvalue weighted by atomic mass is 32.2. The van der Waals surface area contributed by atoms with Gasteiger partial charge in [0.25, 0.3) is 5.91 Å². The molecule has 4 amide bonds. The number of hydrogen-bond donors (Lipinski definition) is 3. The van der Waals surface area contributed by atoms with Gasteiger partial charge in [-0.3, -0.25) is 19.1 Å². The van der Waals surface area contributed by atoms with Gasteiger partial charge < -0.3 is 25.0 Å². The van der Waals surface area contributed by atoms with Gasteiger partial charge in [0, 0.05) is 29.7 Å². The van der Waals surface area contributed by atoms with E-state index in [9.17, 15) is 27.6 Å². The quantitative estimate of drug-likeness (QED) is 0.296. The molecule has 55 heavy (non-hydrogen) atoms. The van der Waals surface area contributed by atoms with Gasteiger partial charge in [-0.25, -0.2) is 18.2 Å². The van der Waals surface area contributed by atoms with Gasteiger partial charge in [0.15, 0.2) is 5.65 Å². The zero-order valence-corrected chi connectivity index (χ0v) is 32.3. The average Bonchev–Trinajstić information content (AvgIpc) is 4.04. The van der Waals surface area contributed by atoms with E-state index < -0.39 is 74.3 Å². The number of carbonyl (C=O) groups is 4. The summed E-state index contributed by atoms with van der Waals surface area (Å²) in [6, 6.07) is 7.48. The molecule has 5 atom stereocenters. The van der Waals surface area contributed by atoms with E-state index in [1.54, 1.807) is 25.3 Å². The third-order valence-electron chi connectivity index (χ3n) is 11.1. The number of nitrogens with one attached hydrogen (secondary N) is 3. The summed E-state index contributed by atoms with van der Waals surface area (Å²) in [6.45, 7) is 5.22. The molecule has 4 fully saturated rings. The van der Waals surface area contributed by atoms with E-state index in [0.717, 1.165) is 42.3 Å². The summed E-state index contributed by atoms with van der Waals surface area (Å²) in [5, 5.41) is 10.7. The highest BCUT2D eigenvalue weighted by Gasteiger charge is 2.62. The fourth-order valence-corrected chi connectivity index (χ4v) is 9.13. The summed E-state index contributed by atoms with van der Waals surface area (Å²) >= 11 is 0. The van der Waals surface area contributed by atoms with E-state index in [1.165, 1.54) is 4.90 Å². The molecular formula is C39H49N7O8S. The lowest BCUT2D eigenvalue weighted by molar-refractivity contribution is -0.141. The van der Waals surface area contributed by atoms with Crippen molar-refractivity contribution in [3.05, 3.63) is 48.2 Å². The van der Waals surface area contributed by atoms with E-state index in [4.69, 9.17) is 19.6 Å². The van der Waals surface area contributed by atoms with E-state index in [-0.39, 0.29) is 19.4 Å². The van der Waals surface area contributed by atoms with Crippen molar-refractivity contribution in [1.82, 2.24) is 34.9 Å². The number of rotatable bonds is 7. The molecule has 1 saturated heterocycles. The van der Waals surface area contributed by atoms with Crippen molar-refractivity contribution in [2.24, 2.45) is 5.92 Å². The van der Waals surface area contributed by atoms with Crippen LogP contribution >= 0.6 is 0 Å². The van der Waals surface area contributed by atoms with Crippen LogP contribution in [0.5, 0.6) is 5.88 Å². The van der Waals surface area contributed by atoms with Crippen molar-refractivity contribution in [3.63, 3.8) is 0 Å². The second kappa shape index (κ2) is 14.1. The number of amides is 4. The Bertz CT molecular complexity index is 2170. The number of aromatic nitrogens is 3. The lowest BCUT2D eigenvalue weighted by Gasteiger charge is -2.30. The lowest BCUT2D eigenvalue weighted by atomic mass is 10.0. The maximum absolute atomic E-state index is 14.6. The second-order valence-electron chi connectivity index (χ2n) is 16.7. The summed E-state index contributed by atoms with van der Waals surface area (Å²) in [6.07, 6.45) is 8.90. The molecule has 3 aromatic rings. The Balaban J connectivity index is 1.12. The van der Waals surface area contributed by atoms with Crippen LogP contribution in [0, 0.1) is 5.92 Å². The van der Waals surface area contributed by atoms with Crippen LogP contribution in [-0.2, 0) is 29.1 Å². The number of sulfonamides is 1. The van der Waals surface area contributed by atoms with Gasteiger partial charge in [-0.2, -0.15) is 9.61 Å². The van der Waals surface area contributed by atoms with Crippen LogP contribution in [0.3, 0.4) is 0 Å². The highest BCUT2D eigenvalue weighted by Crippen LogP contribution is 2.46. The molecule has 5 aliphatic rings. The average molecular weight is 776 g/mol. The van der Waals surface area contributed by atoms with E-state index in [1.807, 2.05) is 42.5 Å². The van der Waals surface area contributed by atoms with Crippen LogP contribution < -0.4 is 20.1 Å². The summed E-state index contributed by atoms with van der Waals surface area (Å²) in [5.74, 6) is -1.55. The molecule has 0 unspecified atom stereocenters. The van der Waals surface area contributed by atoms with Crippen LogP contribution in [0.25, 0.3) is 16.6 Å². The first-order valence-electron chi connectivity index (χ1n) is 19.5. The van der Waals surface area contributed by atoms with Gasteiger partial charge in [0.1, 0.15) is 29.3 Å². The number of benzene rings is 1. The van der Waals surface area contributed by atoms with E-state index >= 15 is 0 Å². The summed E-state index contributed by atoms with van der Waals surface area (Å²) in [7, 11) is -3.89. The fraction of sp³-hybridized carbons (Fsp3) is 0.590. The van der Waals surface area contributed by atoms with Crippen LogP contribution in [0.15, 0.2) is 42.5 Å². The predicted molar refractivity (Wildman–Crippen MR) is 201 cm³/mol. The molecule has 16 heteroatoms. The SMILES string of the molecule is CC(C)(C)OC(=O)N[C@H]1CCCCCC=C[C@@H]2C[C@@]2(C(=O)NS(=O)(=O)C2CC2)NC(=O)[C@@H]2C[C@@H](Oc3cc(C4CC4)nc4c5ccccc5nn34)CN2C1=O.